The molecule has 1 saturated heterocycles. The number of pyridine rings is 1. The lowest BCUT2D eigenvalue weighted by molar-refractivity contribution is -0.119. The lowest BCUT2D eigenvalue weighted by atomic mass is 9.91. The van der Waals surface area contributed by atoms with Crippen LogP contribution in [0.5, 0.6) is 11.6 Å². The minimum absolute atomic E-state index is 0.0273. The van der Waals surface area contributed by atoms with E-state index in [4.69, 9.17) is 42.4 Å². The number of aromatic nitrogens is 1. The Morgan fingerprint density at radius 3 is 2.31 bits per heavy atom. The number of β-amino-alcohol motifs (C(OH)–C–C–N with tert-alkyl or cyclic N) is 1. The van der Waals surface area contributed by atoms with E-state index in [1.54, 1.807) is 12.0 Å². The number of amides is 2. The Labute approximate surface area is 327 Å². The number of nitrogens with one attached hydrogen (secondary N) is 1. The lowest BCUT2D eigenvalue weighted by Gasteiger charge is -2.31. The fraction of sp³-hybridized carbons (Fsp3) is 0.405. The highest BCUT2D eigenvalue weighted by Gasteiger charge is 2.30. The van der Waals surface area contributed by atoms with Crippen molar-refractivity contribution in [2.45, 2.75) is 77.8 Å². The molecule has 12 heteroatoms. The molecule has 3 aromatic carbocycles. The molecule has 54 heavy (non-hydrogen) atoms. The first-order valence-corrected chi connectivity index (χ1v) is 19.0. The van der Waals surface area contributed by atoms with Gasteiger partial charge >= 0.3 is 6.09 Å². The number of aliphatic hydroxyl groups is 1. The van der Waals surface area contributed by atoms with Gasteiger partial charge in [-0.05, 0) is 69.9 Å². The predicted molar refractivity (Wildman–Crippen MR) is 212 cm³/mol. The second-order valence-corrected chi connectivity index (χ2v) is 15.8. The second-order valence-electron chi connectivity index (χ2n) is 15.0. The van der Waals surface area contributed by atoms with E-state index in [0.717, 1.165) is 46.5 Å². The summed E-state index contributed by atoms with van der Waals surface area (Å²) >= 11 is 14.4. The summed E-state index contributed by atoms with van der Waals surface area (Å²) in [6.45, 7) is 9.89. The summed E-state index contributed by atoms with van der Waals surface area (Å²) in [7, 11) is 3.22. The highest BCUT2D eigenvalue weighted by atomic mass is 35.5. The number of aliphatic hydroxyl groups excluding tert-OH is 1. The molecule has 0 spiro atoms. The fourth-order valence-corrected chi connectivity index (χ4v) is 7.85. The normalized spacial score (nSPS) is 16.4. The van der Waals surface area contributed by atoms with Gasteiger partial charge in [-0.15, -0.1) is 0 Å². The molecule has 0 unspecified atom stereocenters. The van der Waals surface area contributed by atoms with Crippen LogP contribution in [0.1, 0.15) is 57.2 Å². The summed E-state index contributed by atoms with van der Waals surface area (Å²) in [5.74, 6) is 1.11. The van der Waals surface area contributed by atoms with Crippen LogP contribution in [-0.2, 0) is 29.0 Å². The number of methoxy groups -OCH3 is 2. The zero-order chi connectivity index (χ0) is 38.7. The zero-order valence-corrected chi connectivity index (χ0v) is 33.2. The van der Waals surface area contributed by atoms with Crippen molar-refractivity contribution in [3.8, 4) is 45.1 Å². The van der Waals surface area contributed by atoms with Crippen LogP contribution < -0.4 is 14.8 Å². The van der Waals surface area contributed by atoms with Crippen molar-refractivity contribution in [3.05, 3.63) is 87.4 Å². The highest BCUT2D eigenvalue weighted by Crippen LogP contribution is 2.44. The van der Waals surface area contributed by atoms with Crippen LogP contribution >= 0.6 is 23.2 Å². The van der Waals surface area contributed by atoms with Crippen molar-refractivity contribution in [1.29, 1.82) is 0 Å². The summed E-state index contributed by atoms with van der Waals surface area (Å²) in [6.07, 6.45) is 1.01. The van der Waals surface area contributed by atoms with E-state index in [2.05, 4.69) is 16.3 Å². The number of carbonyl (C=O) groups is 2. The number of hydrogen-bond donors (Lipinski definition) is 2. The number of benzene rings is 3. The van der Waals surface area contributed by atoms with Crippen molar-refractivity contribution in [1.82, 2.24) is 20.1 Å². The summed E-state index contributed by atoms with van der Waals surface area (Å²) in [5, 5.41) is 13.9. The summed E-state index contributed by atoms with van der Waals surface area (Å²) in [5.41, 5.74) is 6.93. The molecular weight excluding hydrogens is 727 g/mol. The van der Waals surface area contributed by atoms with Crippen molar-refractivity contribution >= 4 is 35.2 Å². The molecule has 10 nitrogen and oxygen atoms in total. The molecule has 4 aromatic rings. The fourth-order valence-electron chi connectivity index (χ4n) is 7.19. The molecule has 3 heterocycles. The predicted octanol–water partition coefficient (Wildman–Crippen LogP) is 8.16. The maximum atomic E-state index is 13.3. The smallest absolute Gasteiger partial charge is 0.410 e. The van der Waals surface area contributed by atoms with E-state index in [1.807, 2.05) is 82.3 Å². The lowest BCUT2D eigenvalue weighted by Crippen LogP contribution is -2.43. The van der Waals surface area contributed by atoms with Gasteiger partial charge in [-0.1, -0.05) is 65.7 Å². The maximum Gasteiger partial charge on any atom is 0.410 e. The Bertz CT molecular complexity index is 2010. The number of rotatable bonds is 11. The first kappa shape index (κ1) is 39.3. The molecule has 2 N–H and O–H groups in total. The highest BCUT2D eigenvalue weighted by molar-refractivity contribution is 6.39. The van der Waals surface area contributed by atoms with Crippen molar-refractivity contribution in [2.24, 2.45) is 0 Å². The van der Waals surface area contributed by atoms with Crippen molar-refractivity contribution in [2.75, 3.05) is 33.9 Å². The third-order valence-corrected chi connectivity index (χ3v) is 10.5. The van der Waals surface area contributed by atoms with Crippen LogP contribution in [0.2, 0.25) is 10.0 Å². The average molecular weight is 776 g/mol. The molecule has 0 radical (unpaired) electrons. The van der Waals surface area contributed by atoms with Crippen LogP contribution in [-0.4, -0.2) is 83.5 Å². The summed E-state index contributed by atoms with van der Waals surface area (Å²) in [4.78, 5) is 33.9. The number of ether oxygens (including phenoxy) is 3. The van der Waals surface area contributed by atoms with Crippen molar-refractivity contribution < 1.29 is 28.9 Å². The minimum atomic E-state index is -0.694. The molecule has 2 amide bonds. The number of hydrogen-bond acceptors (Lipinski definition) is 8. The standard InChI is InChI=1S/C42H48Cl2N4O6/c1-25(49)21-47-18-17-26-19-28(20-36(52-5)34(26)24-47)30-9-7-10-31(38(30)43)32-11-8-12-33(39(32)44)35-15-13-27(40(46-35)53-6)22-48(41(51)54-42(2,3)4)23-29-14-16-37(50)45-29/h7-13,15,19-20,25,29,49H,14,16-18,21-24H2,1-6H3,(H,45,50)/t25-,29+/m1/s1. The average Bonchev–Trinajstić information content (AvgIpc) is 3.54. The Kier molecular flexibility index (Phi) is 12.1. The van der Waals surface area contributed by atoms with E-state index in [0.29, 0.717) is 65.2 Å². The molecule has 1 fully saturated rings. The molecule has 2 aliphatic rings. The third-order valence-electron chi connectivity index (χ3n) is 9.67. The van der Waals surface area contributed by atoms with E-state index in [1.165, 1.54) is 12.7 Å². The van der Waals surface area contributed by atoms with Gasteiger partial charge in [0.05, 0.1) is 42.6 Å². The molecule has 6 rings (SSSR count). The van der Waals surface area contributed by atoms with Gasteiger partial charge in [-0.3, -0.25) is 9.69 Å². The molecule has 2 aliphatic heterocycles. The van der Waals surface area contributed by atoms with E-state index in [9.17, 15) is 14.7 Å². The Balaban J connectivity index is 1.29. The second kappa shape index (κ2) is 16.6. The summed E-state index contributed by atoms with van der Waals surface area (Å²) in [6, 6.07) is 19.4. The molecule has 0 aliphatic carbocycles. The molecule has 2 atom stereocenters. The van der Waals surface area contributed by atoms with Gasteiger partial charge in [-0.25, -0.2) is 9.78 Å². The van der Waals surface area contributed by atoms with Gasteiger partial charge < -0.3 is 29.5 Å². The van der Waals surface area contributed by atoms with E-state index >= 15 is 0 Å². The number of fused-ring (bicyclic) bond motifs is 1. The number of nitrogens with zero attached hydrogens (tertiary/aromatic N) is 3. The molecule has 1 aromatic heterocycles. The van der Waals surface area contributed by atoms with Crippen LogP contribution in [0, 0.1) is 0 Å². The molecule has 286 valence electrons. The van der Waals surface area contributed by atoms with Crippen LogP contribution in [0.15, 0.2) is 60.7 Å². The van der Waals surface area contributed by atoms with E-state index in [-0.39, 0.29) is 18.5 Å². The number of carbonyl (C=O) groups excluding carboxylic acids is 2. The SMILES string of the molecule is COc1cc(-c2cccc(-c3cccc(-c4ccc(CN(C[C@@H]5CCC(=O)N5)C(=O)OC(C)(C)C)c(OC)n4)c3Cl)c2Cl)cc2c1CN(C[C@@H](C)O)CC2. The zero-order valence-electron chi connectivity index (χ0n) is 31.7. The van der Waals surface area contributed by atoms with Gasteiger partial charge in [0.2, 0.25) is 11.8 Å². The third kappa shape index (κ3) is 8.95. The van der Waals surface area contributed by atoms with Gasteiger partial charge in [0, 0.05) is 72.0 Å². The molecular formula is C42H48Cl2N4O6. The largest absolute Gasteiger partial charge is 0.496 e. The first-order chi connectivity index (χ1) is 25.7. The van der Waals surface area contributed by atoms with Crippen LogP contribution in [0.4, 0.5) is 4.79 Å². The van der Waals surface area contributed by atoms with Gasteiger partial charge in [0.15, 0.2) is 0 Å². The Morgan fingerprint density at radius 1 is 1.00 bits per heavy atom. The maximum absolute atomic E-state index is 13.3. The van der Waals surface area contributed by atoms with E-state index < -0.39 is 17.8 Å². The number of halogens is 2. The van der Waals surface area contributed by atoms with Crippen LogP contribution in [0.25, 0.3) is 33.5 Å². The molecule has 0 saturated carbocycles. The van der Waals surface area contributed by atoms with Gasteiger partial charge in [-0.2, -0.15) is 0 Å². The van der Waals surface area contributed by atoms with Gasteiger partial charge in [0.25, 0.3) is 0 Å². The first-order valence-electron chi connectivity index (χ1n) is 18.2. The summed E-state index contributed by atoms with van der Waals surface area (Å²) < 4.78 is 17.3. The minimum Gasteiger partial charge on any atom is -0.496 e. The quantitative estimate of drug-likeness (QED) is 0.157. The Morgan fingerprint density at radius 2 is 1.69 bits per heavy atom. The van der Waals surface area contributed by atoms with Crippen molar-refractivity contribution in [3.63, 3.8) is 0 Å². The monoisotopic (exact) mass is 774 g/mol. The Hall–Kier alpha value is -4.35. The van der Waals surface area contributed by atoms with Gasteiger partial charge in [0.1, 0.15) is 11.4 Å². The molecule has 0 bridgehead atoms. The van der Waals surface area contributed by atoms with Crippen LogP contribution in [0.3, 0.4) is 0 Å². The topological polar surface area (TPSA) is 113 Å².